The first-order valence-corrected chi connectivity index (χ1v) is 11.7. The Labute approximate surface area is 171 Å². The Morgan fingerprint density at radius 2 is 1.90 bits per heavy atom. The molecule has 1 fully saturated rings. The van der Waals surface area contributed by atoms with E-state index in [1.54, 1.807) is 24.3 Å². The summed E-state index contributed by atoms with van der Waals surface area (Å²) >= 11 is 0. The standard InChI is InChI=1S/C21H28N4O3S/c1-14(2)24-12-10-17-18(13-24)22-20(23-21(17)26)19-5-4-11-25(19)29(27,28)16-8-6-15(3)7-9-16/h6-9,14,19H,4-5,10-13H2,1-3H3,(H,22,23,26)/t19-/m0/s1. The van der Waals surface area contributed by atoms with Crippen LogP contribution in [0.2, 0.25) is 0 Å². The lowest BCUT2D eigenvalue weighted by Crippen LogP contribution is -2.40. The Balaban J connectivity index is 1.69. The number of sulfonamides is 1. The van der Waals surface area contributed by atoms with Crippen LogP contribution in [0, 0.1) is 6.92 Å². The molecule has 7 nitrogen and oxygen atoms in total. The van der Waals surface area contributed by atoms with Gasteiger partial charge in [0.2, 0.25) is 10.0 Å². The predicted octanol–water partition coefficient (Wildman–Crippen LogP) is 2.37. The first kappa shape index (κ1) is 20.3. The number of rotatable bonds is 4. The highest BCUT2D eigenvalue weighted by molar-refractivity contribution is 7.89. The Bertz CT molecular complexity index is 1060. The van der Waals surface area contributed by atoms with Crippen molar-refractivity contribution in [2.24, 2.45) is 0 Å². The number of hydrogen-bond donors (Lipinski definition) is 1. The molecule has 4 rings (SSSR count). The normalized spacial score (nSPS) is 20.9. The summed E-state index contributed by atoms with van der Waals surface area (Å²) in [6.07, 6.45) is 2.07. The van der Waals surface area contributed by atoms with Gasteiger partial charge >= 0.3 is 0 Å². The van der Waals surface area contributed by atoms with Gasteiger partial charge in [-0.05, 0) is 52.2 Å². The number of aryl methyl sites for hydroxylation is 1. The van der Waals surface area contributed by atoms with Crippen LogP contribution in [-0.4, -0.2) is 46.7 Å². The molecule has 0 radical (unpaired) electrons. The number of nitrogens with one attached hydrogen (secondary N) is 1. The van der Waals surface area contributed by atoms with Crippen molar-refractivity contribution in [2.45, 2.75) is 63.6 Å². The maximum atomic E-state index is 13.2. The molecule has 2 aliphatic rings. The van der Waals surface area contributed by atoms with E-state index in [1.807, 2.05) is 6.92 Å². The van der Waals surface area contributed by atoms with Crippen molar-refractivity contribution in [3.8, 4) is 0 Å². The molecular weight excluding hydrogens is 388 g/mol. The van der Waals surface area contributed by atoms with E-state index in [0.717, 1.165) is 29.8 Å². The Kier molecular flexibility index (Phi) is 5.35. The first-order chi connectivity index (χ1) is 13.8. The fourth-order valence-electron chi connectivity index (χ4n) is 4.22. The summed E-state index contributed by atoms with van der Waals surface area (Å²) in [5.74, 6) is 0.465. The lowest BCUT2D eigenvalue weighted by atomic mass is 10.0. The van der Waals surface area contributed by atoms with Crippen molar-refractivity contribution < 1.29 is 8.42 Å². The predicted molar refractivity (Wildman–Crippen MR) is 111 cm³/mol. The van der Waals surface area contributed by atoms with Crippen LogP contribution in [0.25, 0.3) is 0 Å². The number of hydrogen-bond acceptors (Lipinski definition) is 5. The molecule has 3 heterocycles. The van der Waals surface area contributed by atoms with Gasteiger partial charge in [0.1, 0.15) is 5.82 Å². The van der Waals surface area contributed by atoms with Crippen LogP contribution in [0.5, 0.6) is 0 Å². The number of fused-ring (bicyclic) bond motifs is 1. The molecule has 1 N–H and O–H groups in total. The van der Waals surface area contributed by atoms with Gasteiger partial charge in [-0.3, -0.25) is 9.69 Å². The summed E-state index contributed by atoms with van der Waals surface area (Å²) in [7, 11) is -3.65. The van der Waals surface area contributed by atoms with E-state index >= 15 is 0 Å². The van der Waals surface area contributed by atoms with Crippen molar-refractivity contribution in [1.82, 2.24) is 19.2 Å². The summed E-state index contributed by atoms with van der Waals surface area (Å²) in [5.41, 5.74) is 2.39. The lowest BCUT2D eigenvalue weighted by molar-refractivity contribution is 0.198. The van der Waals surface area contributed by atoms with Gasteiger partial charge in [0, 0.05) is 31.2 Å². The van der Waals surface area contributed by atoms with Crippen molar-refractivity contribution in [3.63, 3.8) is 0 Å². The van der Waals surface area contributed by atoms with Gasteiger partial charge in [-0.15, -0.1) is 0 Å². The van der Waals surface area contributed by atoms with Crippen LogP contribution >= 0.6 is 0 Å². The van der Waals surface area contributed by atoms with E-state index in [2.05, 4.69) is 23.7 Å². The topological polar surface area (TPSA) is 86.4 Å². The van der Waals surface area contributed by atoms with E-state index in [4.69, 9.17) is 4.98 Å². The largest absolute Gasteiger partial charge is 0.309 e. The molecule has 0 amide bonds. The number of aromatic nitrogens is 2. The van der Waals surface area contributed by atoms with Crippen LogP contribution in [0.15, 0.2) is 34.0 Å². The monoisotopic (exact) mass is 416 g/mol. The van der Waals surface area contributed by atoms with E-state index in [1.165, 1.54) is 4.31 Å². The molecule has 1 atom stereocenters. The molecule has 1 aromatic carbocycles. The summed E-state index contributed by atoms with van der Waals surface area (Å²) in [4.78, 5) is 22.9. The van der Waals surface area contributed by atoms with E-state index in [9.17, 15) is 13.2 Å². The van der Waals surface area contributed by atoms with Crippen LogP contribution in [0.3, 0.4) is 0 Å². The third-order valence-electron chi connectivity index (χ3n) is 6.00. The highest BCUT2D eigenvalue weighted by atomic mass is 32.2. The van der Waals surface area contributed by atoms with Gasteiger partial charge in [-0.2, -0.15) is 4.31 Å². The average Bonchev–Trinajstić information content (AvgIpc) is 3.18. The van der Waals surface area contributed by atoms with Gasteiger partial charge in [0.15, 0.2) is 0 Å². The molecule has 0 aliphatic carbocycles. The highest BCUT2D eigenvalue weighted by Gasteiger charge is 2.38. The second kappa shape index (κ2) is 7.66. The van der Waals surface area contributed by atoms with Gasteiger partial charge in [0.25, 0.3) is 5.56 Å². The number of benzene rings is 1. The van der Waals surface area contributed by atoms with Gasteiger partial charge < -0.3 is 4.98 Å². The minimum absolute atomic E-state index is 0.131. The van der Waals surface area contributed by atoms with Crippen molar-refractivity contribution in [1.29, 1.82) is 0 Å². The van der Waals surface area contributed by atoms with Crippen LogP contribution < -0.4 is 5.56 Å². The molecule has 156 valence electrons. The molecule has 0 spiro atoms. The maximum Gasteiger partial charge on any atom is 0.254 e. The average molecular weight is 417 g/mol. The first-order valence-electron chi connectivity index (χ1n) is 10.2. The van der Waals surface area contributed by atoms with E-state index < -0.39 is 16.1 Å². The second-order valence-electron chi connectivity index (χ2n) is 8.28. The maximum absolute atomic E-state index is 13.2. The van der Waals surface area contributed by atoms with Crippen molar-refractivity contribution >= 4 is 10.0 Å². The van der Waals surface area contributed by atoms with E-state index in [0.29, 0.717) is 37.8 Å². The molecule has 0 bridgehead atoms. The second-order valence-corrected chi connectivity index (χ2v) is 10.2. The third kappa shape index (κ3) is 3.76. The molecule has 29 heavy (non-hydrogen) atoms. The minimum atomic E-state index is -3.65. The number of H-pyrrole nitrogens is 1. The Morgan fingerprint density at radius 3 is 2.59 bits per heavy atom. The Hall–Kier alpha value is -2.03. The zero-order chi connectivity index (χ0) is 20.8. The van der Waals surface area contributed by atoms with Gasteiger partial charge in [0.05, 0.1) is 16.6 Å². The zero-order valence-electron chi connectivity index (χ0n) is 17.2. The summed E-state index contributed by atoms with van der Waals surface area (Å²) in [6.45, 7) is 8.09. The van der Waals surface area contributed by atoms with Crippen LogP contribution in [0.4, 0.5) is 0 Å². The third-order valence-corrected chi connectivity index (χ3v) is 7.92. The van der Waals surface area contributed by atoms with Gasteiger partial charge in [-0.1, -0.05) is 17.7 Å². The molecule has 1 saturated heterocycles. The molecule has 0 unspecified atom stereocenters. The zero-order valence-corrected chi connectivity index (χ0v) is 18.0. The van der Waals surface area contributed by atoms with Crippen LogP contribution in [-0.2, 0) is 23.0 Å². The summed E-state index contributed by atoms with van der Waals surface area (Å²) in [5, 5.41) is 0. The number of nitrogens with zero attached hydrogens (tertiary/aromatic N) is 3. The number of aromatic amines is 1. The van der Waals surface area contributed by atoms with Crippen molar-refractivity contribution in [3.05, 3.63) is 57.3 Å². The fourth-order valence-corrected chi connectivity index (χ4v) is 5.88. The SMILES string of the molecule is Cc1ccc(S(=O)(=O)N2CCC[C@H]2c2nc3c(c(=O)[nH]2)CCN(C(C)C)C3)cc1. The summed E-state index contributed by atoms with van der Waals surface area (Å²) < 4.78 is 28.0. The molecule has 2 aliphatic heterocycles. The Morgan fingerprint density at radius 1 is 1.17 bits per heavy atom. The van der Waals surface area contributed by atoms with Gasteiger partial charge in [-0.25, -0.2) is 13.4 Å². The molecular formula is C21H28N4O3S. The molecule has 0 saturated carbocycles. The summed E-state index contributed by atoms with van der Waals surface area (Å²) in [6, 6.07) is 6.83. The minimum Gasteiger partial charge on any atom is -0.309 e. The lowest BCUT2D eigenvalue weighted by Gasteiger charge is -2.31. The smallest absolute Gasteiger partial charge is 0.254 e. The highest BCUT2D eigenvalue weighted by Crippen LogP contribution is 2.35. The fraction of sp³-hybridized carbons (Fsp3) is 0.524. The molecule has 8 heteroatoms. The molecule has 1 aromatic heterocycles. The van der Waals surface area contributed by atoms with Crippen LogP contribution in [0.1, 0.15) is 55.4 Å². The molecule has 2 aromatic rings. The van der Waals surface area contributed by atoms with E-state index in [-0.39, 0.29) is 10.5 Å². The quantitative estimate of drug-likeness (QED) is 0.827. The van der Waals surface area contributed by atoms with Crippen molar-refractivity contribution in [2.75, 3.05) is 13.1 Å².